The topological polar surface area (TPSA) is 61.6 Å². The van der Waals surface area contributed by atoms with Gasteiger partial charge in [-0.3, -0.25) is 0 Å². The lowest BCUT2D eigenvalue weighted by Crippen LogP contribution is -2.39. The van der Waals surface area contributed by atoms with E-state index in [1.165, 1.54) is 0 Å². The summed E-state index contributed by atoms with van der Waals surface area (Å²) in [5.41, 5.74) is 5.01. The van der Waals surface area contributed by atoms with Crippen molar-refractivity contribution in [2.45, 2.75) is 63.9 Å². The molecule has 1 aliphatic carbocycles. The Labute approximate surface area is 237 Å². The molecule has 4 heterocycles. The van der Waals surface area contributed by atoms with Crippen LogP contribution in [-0.2, 0) is 20.6 Å². The molecule has 39 heavy (non-hydrogen) atoms. The Bertz CT molecular complexity index is 1340. The van der Waals surface area contributed by atoms with Gasteiger partial charge in [-0.05, 0) is 80.7 Å². The third-order valence-electron chi connectivity index (χ3n) is 8.48. The average Bonchev–Trinajstić information content (AvgIpc) is 3.22. The first-order chi connectivity index (χ1) is 19.1. The molecule has 3 aliphatic rings. The molecular weight excluding hydrogens is 563 g/mol. The molecule has 0 spiro atoms. The molecule has 0 amide bonds. The third kappa shape index (κ3) is 5.14. The minimum atomic E-state index is -0.408. The number of anilines is 1. The summed E-state index contributed by atoms with van der Waals surface area (Å²) in [5.74, 6) is 0.962. The zero-order valence-corrected chi connectivity index (χ0v) is 24.3. The van der Waals surface area contributed by atoms with E-state index in [0.717, 1.165) is 103 Å². The maximum Gasteiger partial charge on any atom is 0.240 e. The van der Waals surface area contributed by atoms with E-state index in [4.69, 9.17) is 19.2 Å². The van der Waals surface area contributed by atoms with Gasteiger partial charge in [0.1, 0.15) is 5.82 Å². The van der Waals surface area contributed by atoms with E-state index in [1.807, 2.05) is 12.3 Å². The van der Waals surface area contributed by atoms with Gasteiger partial charge in [0.15, 0.2) is 12.5 Å². The number of nitrogens with zero attached hydrogens (tertiary/aromatic N) is 4. The highest BCUT2D eigenvalue weighted by Crippen LogP contribution is 2.41. The fraction of sp³-hybridized carbons (Fsp3) is 0.533. The molecule has 0 saturated carbocycles. The van der Waals surface area contributed by atoms with Crippen molar-refractivity contribution in [3.05, 3.63) is 57.6 Å². The molecule has 6 rings (SSSR count). The number of benzene rings is 1. The fourth-order valence-corrected chi connectivity index (χ4v) is 7.21. The van der Waals surface area contributed by atoms with Gasteiger partial charge >= 0.3 is 0 Å². The van der Waals surface area contributed by atoms with E-state index >= 15 is 4.39 Å². The SMILES string of the molecule is COC(OC)C1CCN(c2ccc(C3=C(Br)CCCc4c3ccc3c4c(F)nn3C3CCCCO3)cn2)CC1. The molecule has 208 valence electrons. The van der Waals surface area contributed by atoms with E-state index in [2.05, 4.69) is 44.1 Å². The highest BCUT2D eigenvalue weighted by atomic mass is 79.9. The van der Waals surface area contributed by atoms with Gasteiger partial charge in [0.05, 0.1) is 10.9 Å². The van der Waals surface area contributed by atoms with Crippen LogP contribution in [0.25, 0.3) is 16.5 Å². The summed E-state index contributed by atoms with van der Waals surface area (Å²) in [5, 5.41) is 4.95. The van der Waals surface area contributed by atoms with Crippen LogP contribution in [0.1, 0.15) is 67.9 Å². The van der Waals surface area contributed by atoms with Crippen LogP contribution in [0.2, 0.25) is 0 Å². The van der Waals surface area contributed by atoms with Crippen molar-refractivity contribution < 1.29 is 18.6 Å². The van der Waals surface area contributed by atoms with Gasteiger partial charge < -0.3 is 19.1 Å². The normalized spacial score (nSPS) is 21.1. The van der Waals surface area contributed by atoms with E-state index < -0.39 is 5.95 Å². The summed E-state index contributed by atoms with van der Waals surface area (Å²) >= 11 is 3.87. The molecule has 2 saturated heterocycles. The van der Waals surface area contributed by atoms with Crippen LogP contribution in [0.4, 0.5) is 10.2 Å². The number of aromatic nitrogens is 3. The van der Waals surface area contributed by atoms with Gasteiger partial charge in [-0.15, -0.1) is 5.10 Å². The number of hydrogen-bond donors (Lipinski definition) is 0. The fourth-order valence-electron chi connectivity index (χ4n) is 6.49. The second kappa shape index (κ2) is 11.6. The van der Waals surface area contributed by atoms with Gasteiger partial charge in [-0.25, -0.2) is 9.67 Å². The number of rotatable bonds is 6. The number of pyridine rings is 1. The number of piperidine rings is 1. The monoisotopic (exact) mass is 598 g/mol. The highest BCUT2D eigenvalue weighted by Gasteiger charge is 2.29. The summed E-state index contributed by atoms with van der Waals surface area (Å²) in [4.78, 5) is 7.20. The molecule has 0 N–H and O–H groups in total. The van der Waals surface area contributed by atoms with Gasteiger partial charge in [0, 0.05) is 61.6 Å². The van der Waals surface area contributed by atoms with Gasteiger partial charge in [-0.1, -0.05) is 22.0 Å². The van der Waals surface area contributed by atoms with Crippen LogP contribution in [0, 0.1) is 11.9 Å². The Balaban J connectivity index is 1.29. The van der Waals surface area contributed by atoms with Crippen molar-refractivity contribution in [3.63, 3.8) is 0 Å². The lowest BCUT2D eigenvalue weighted by Gasteiger charge is -2.35. The van der Waals surface area contributed by atoms with Crippen LogP contribution < -0.4 is 4.90 Å². The van der Waals surface area contributed by atoms with Crippen molar-refractivity contribution >= 4 is 38.2 Å². The van der Waals surface area contributed by atoms with E-state index in [9.17, 15) is 0 Å². The maximum atomic E-state index is 15.4. The molecule has 9 heteroatoms. The number of fused-ring (bicyclic) bond motifs is 3. The first kappa shape index (κ1) is 26.9. The quantitative estimate of drug-likeness (QED) is 0.298. The smallest absolute Gasteiger partial charge is 0.240 e. The second-order valence-corrected chi connectivity index (χ2v) is 11.7. The number of aryl methyl sites for hydroxylation is 1. The Morgan fingerprint density at radius 3 is 2.54 bits per heavy atom. The number of hydrogen-bond acceptors (Lipinski definition) is 6. The first-order valence-corrected chi connectivity index (χ1v) is 14.9. The van der Waals surface area contributed by atoms with Crippen LogP contribution in [0.5, 0.6) is 0 Å². The minimum Gasteiger partial charge on any atom is -0.357 e. The van der Waals surface area contributed by atoms with E-state index in [0.29, 0.717) is 17.9 Å². The number of ether oxygens (including phenoxy) is 3. The first-order valence-electron chi connectivity index (χ1n) is 14.1. The Morgan fingerprint density at radius 2 is 1.85 bits per heavy atom. The van der Waals surface area contributed by atoms with Gasteiger partial charge in [0.2, 0.25) is 5.95 Å². The molecule has 7 nitrogen and oxygen atoms in total. The second-order valence-electron chi connectivity index (χ2n) is 10.7. The summed E-state index contributed by atoms with van der Waals surface area (Å²) in [7, 11) is 3.41. The standard InChI is InChI=1S/C30H36BrFN4O3/c1-37-30(38-2)19-13-15-35(16-14-19)25-12-9-20(18-33-25)27-22-10-11-24-28(21(22)6-5-7-23(27)31)29(32)34-36(24)26-8-3-4-17-39-26/h9-12,18-19,26,30H,3-8,13-17H2,1-2H3. The molecule has 2 fully saturated rings. The zero-order chi connectivity index (χ0) is 26.9. The van der Waals surface area contributed by atoms with Crippen LogP contribution >= 0.6 is 15.9 Å². The third-order valence-corrected chi connectivity index (χ3v) is 9.27. The predicted molar refractivity (Wildman–Crippen MR) is 153 cm³/mol. The molecular formula is C30H36BrFN4O3. The van der Waals surface area contributed by atoms with Crippen LogP contribution in [0.15, 0.2) is 34.9 Å². The lowest BCUT2D eigenvalue weighted by atomic mass is 9.92. The average molecular weight is 600 g/mol. The van der Waals surface area contributed by atoms with Crippen molar-refractivity contribution in [1.82, 2.24) is 14.8 Å². The maximum absolute atomic E-state index is 15.4. The molecule has 0 radical (unpaired) electrons. The van der Waals surface area contributed by atoms with Crippen molar-refractivity contribution in [3.8, 4) is 0 Å². The number of methoxy groups -OCH3 is 2. The largest absolute Gasteiger partial charge is 0.357 e. The summed E-state index contributed by atoms with van der Waals surface area (Å²) in [6.07, 6.45) is 9.20. The Hall–Kier alpha value is -2.33. The molecule has 2 aromatic heterocycles. The van der Waals surface area contributed by atoms with Crippen molar-refractivity contribution in [2.24, 2.45) is 5.92 Å². The lowest BCUT2D eigenvalue weighted by molar-refractivity contribution is -0.141. The van der Waals surface area contributed by atoms with Gasteiger partial charge in [0.25, 0.3) is 0 Å². The zero-order valence-electron chi connectivity index (χ0n) is 22.7. The van der Waals surface area contributed by atoms with Crippen LogP contribution in [0.3, 0.4) is 0 Å². The number of halogens is 2. The van der Waals surface area contributed by atoms with Crippen molar-refractivity contribution in [1.29, 1.82) is 0 Å². The van der Waals surface area contributed by atoms with Crippen LogP contribution in [-0.4, -0.2) is 55.0 Å². The molecule has 1 aromatic carbocycles. The number of allylic oxidation sites excluding steroid dienone is 1. The summed E-state index contributed by atoms with van der Waals surface area (Å²) < 4.78 is 35.2. The molecule has 1 unspecified atom stereocenters. The molecule has 0 bridgehead atoms. The van der Waals surface area contributed by atoms with Gasteiger partial charge in [-0.2, -0.15) is 4.39 Å². The summed E-state index contributed by atoms with van der Waals surface area (Å²) in [6.45, 7) is 2.53. The Kier molecular flexibility index (Phi) is 8.03. The minimum absolute atomic E-state index is 0.152. The highest BCUT2D eigenvalue weighted by molar-refractivity contribution is 9.11. The molecule has 3 aromatic rings. The van der Waals surface area contributed by atoms with Crippen molar-refractivity contribution in [2.75, 3.05) is 38.8 Å². The van der Waals surface area contributed by atoms with E-state index in [1.54, 1.807) is 18.9 Å². The predicted octanol–water partition coefficient (Wildman–Crippen LogP) is 6.60. The molecule has 2 aliphatic heterocycles. The summed E-state index contributed by atoms with van der Waals surface area (Å²) in [6, 6.07) is 8.38. The molecule has 1 atom stereocenters. The Morgan fingerprint density at radius 1 is 1.03 bits per heavy atom. The van der Waals surface area contributed by atoms with E-state index in [-0.39, 0.29) is 12.5 Å².